The first kappa shape index (κ1) is 18.5. The van der Waals surface area contributed by atoms with Crippen molar-refractivity contribution in [3.63, 3.8) is 0 Å². The summed E-state index contributed by atoms with van der Waals surface area (Å²) in [4.78, 5) is 27.1. The Hall–Kier alpha value is -1.84. The third kappa shape index (κ3) is 4.83. The predicted octanol–water partition coefficient (Wildman–Crippen LogP) is 3.19. The zero-order valence-corrected chi connectivity index (χ0v) is 15.3. The zero-order chi connectivity index (χ0) is 17.7. The van der Waals surface area contributed by atoms with Gasteiger partial charge in [0.1, 0.15) is 0 Å². The molecule has 1 saturated heterocycles. The van der Waals surface area contributed by atoms with Crippen molar-refractivity contribution in [3.05, 3.63) is 35.9 Å². The summed E-state index contributed by atoms with van der Waals surface area (Å²) in [5.74, 6) is 0.126. The third-order valence-electron chi connectivity index (χ3n) is 4.47. The SMILES string of the molecule is CCCNC(=O)[C@@H]1CN(C(=O)CC(C)(C)C)C[C@@H]1c1ccccc1. The van der Waals surface area contributed by atoms with E-state index in [1.165, 1.54) is 0 Å². The second-order valence-electron chi connectivity index (χ2n) is 7.95. The molecule has 132 valence electrons. The number of nitrogens with one attached hydrogen (secondary N) is 1. The van der Waals surface area contributed by atoms with Gasteiger partial charge in [0, 0.05) is 32.0 Å². The molecular formula is C20H30N2O2. The van der Waals surface area contributed by atoms with E-state index in [9.17, 15) is 9.59 Å². The molecule has 1 aliphatic heterocycles. The molecule has 0 bridgehead atoms. The fraction of sp³-hybridized carbons (Fsp3) is 0.600. The lowest BCUT2D eigenvalue weighted by molar-refractivity contribution is -0.132. The Labute approximate surface area is 145 Å². The quantitative estimate of drug-likeness (QED) is 0.901. The number of nitrogens with zero attached hydrogens (tertiary/aromatic N) is 1. The molecule has 24 heavy (non-hydrogen) atoms. The van der Waals surface area contributed by atoms with Gasteiger partial charge >= 0.3 is 0 Å². The van der Waals surface area contributed by atoms with Crippen LogP contribution in [0.3, 0.4) is 0 Å². The minimum atomic E-state index is -0.164. The minimum absolute atomic E-state index is 0.0398. The van der Waals surface area contributed by atoms with Crippen LogP contribution < -0.4 is 5.32 Å². The largest absolute Gasteiger partial charge is 0.356 e. The molecule has 0 aliphatic carbocycles. The molecule has 0 radical (unpaired) electrons. The fourth-order valence-electron chi connectivity index (χ4n) is 3.26. The standard InChI is InChI=1S/C20H30N2O2/c1-5-11-21-19(24)17-14-22(18(23)12-20(2,3)4)13-16(17)15-9-7-6-8-10-15/h6-10,16-17H,5,11-14H2,1-4H3,(H,21,24)/t16-,17-/m1/s1. The molecule has 1 aromatic rings. The van der Waals surface area contributed by atoms with E-state index in [0.29, 0.717) is 26.1 Å². The summed E-state index contributed by atoms with van der Waals surface area (Å²) < 4.78 is 0. The van der Waals surface area contributed by atoms with E-state index in [1.807, 2.05) is 30.0 Å². The normalized spacial score (nSPS) is 20.9. The summed E-state index contributed by atoms with van der Waals surface area (Å²) in [6.07, 6.45) is 1.43. The van der Waals surface area contributed by atoms with Gasteiger partial charge in [0.05, 0.1) is 5.92 Å². The van der Waals surface area contributed by atoms with Crippen LogP contribution in [0.5, 0.6) is 0 Å². The number of benzene rings is 1. The number of hydrogen-bond donors (Lipinski definition) is 1. The van der Waals surface area contributed by atoms with Gasteiger partial charge in [0.25, 0.3) is 0 Å². The minimum Gasteiger partial charge on any atom is -0.356 e. The maximum Gasteiger partial charge on any atom is 0.225 e. The lowest BCUT2D eigenvalue weighted by atomic mass is 9.88. The maximum absolute atomic E-state index is 12.6. The molecule has 1 N–H and O–H groups in total. The van der Waals surface area contributed by atoms with Gasteiger partial charge in [-0.2, -0.15) is 0 Å². The van der Waals surface area contributed by atoms with E-state index in [4.69, 9.17) is 0 Å². The molecule has 1 fully saturated rings. The summed E-state index contributed by atoms with van der Waals surface area (Å²) in [5, 5.41) is 3.00. The van der Waals surface area contributed by atoms with Crippen molar-refractivity contribution in [3.8, 4) is 0 Å². The second-order valence-corrected chi connectivity index (χ2v) is 7.95. The van der Waals surface area contributed by atoms with Crippen LogP contribution in [0.15, 0.2) is 30.3 Å². The average Bonchev–Trinajstić information content (AvgIpc) is 2.97. The number of amides is 2. The molecule has 1 aromatic carbocycles. The molecule has 1 aliphatic rings. The van der Waals surface area contributed by atoms with Gasteiger partial charge in [-0.3, -0.25) is 9.59 Å². The highest BCUT2D eigenvalue weighted by atomic mass is 16.2. The molecule has 4 heteroatoms. The first-order valence-corrected chi connectivity index (χ1v) is 8.92. The topological polar surface area (TPSA) is 49.4 Å². The number of carbonyl (C=O) groups excluding carboxylic acids is 2. The summed E-state index contributed by atoms with van der Waals surface area (Å²) in [6.45, 7) is 10.1. The molecule has 2 rings (SSSR count). The lowest BCUT2D eigenvalue weighted by Gasteiger charge is -2.23. The van der Waals surface area contributed by atoms with Crippen LogP contribution in [0.4, 0.5) is 0 Å². The van der Waals surface area contributed by atoms with Crippen LogP contribution in [0.25, 0.3) is 0 Å². The third-order valence-corrected chi connectivity index (χ3v) is 4.47. The van der Waals surface area contributed by atoms with Crippen molar-refractivity contribution in [1.29, 1.82) is 0 Å². The van der Waals surface area contributed by atoms with Gasteiger partial charge in [-0.25, -0.2) is 0 Å². The highest BCUT2D eigenvalue weighted by Gasteiger charge is 2.40. The Morgan fingerprint density at radius 2 is 1.83 bits per heavy atom. The van der Waals surface area contributed by atoms with Crippen molar-refractivity contribution in [2.24, 2.45) is 11.3 Å². The van der Waals surface area contributed by atoms with Gasteiger partial charge in [-0.1, -0.05) is 58.0 Å². The van der Waals surface area contributed by atoms with E-state index in [-0.39, 0.29) is 29.1 Å². The highest BCUT2D eigenvalue weighted by molar-refractivity contribution is 5.83. The van der Waals surface area contributed by atoms with Crippen molar-refractivity contribution < 1.29 is 9.59 Å². The van der Waals surface area contributed by atoms with E-state index in [0.717, 1.165) is 12.0 Å². The summed E-state index contributed by atoms with van der Waals surface area (Å²) in [6, 6.07) is 10.1. The van der Waals surface area contributed by atoms with Crippen molar-refractivity contribution >= 4 is 11.8 Å². The smallest absolute Gasteiger partial charge is 0.225 e. The van der Waals surface area contributed by atoms with Crippen LogP contribution in [0, 0.1) is 11.3 Å². The van der Waals surface area contributed by atoms with Crippen molar-refractivity contribution in [2.45, 2.75) is 46.5 Å². The summed E-state index contributed by atoms with van der Waals surface area (Å²) in [5.41, 5.74) is 1.10. The molecule has 0 unspecified atom stereocenters. The van der Waals surface area contributed by atoms with Crippen LogP contribution in [-0.2, 0) is 9.59 Å². The number of hydrogen-bond acceptors (Lipinski definition) is 2. The van der Waals surface area contributed by atoms with Gasteiger partial charge in [0.2, 0.25) is 11.8 Å². The molecule has 2 amide bonds. The Kier molecular flexibility index (Phi) is 6.03. The van der Waals surface area contributed by atoms with E-state index in [2.05, 4.69) is 38.2 Å². The summed E-state index contributed by atoms with van der Waals surface area (Å²) >= 11 is 0. The van der Waals surface area contributed by atoms with E-state index in [1.54, 1.807) is 0 Å². The summed E-state index contributed by atoms with van der Waals surface area (Å²) in [7, 11) is 0. The zero-order valence-electron chi connectivity index (χ0n) is 15.3. The molecule has 0 spiro atoms. The van der Waals surface area contributed by atoms with Crippen molar-refractivity contribution in [1.82, 2.24) is 10.2 Å². The second kappa shape index (κ2) is 7.82. The molecular weight excluding hydrogens is 300 g/mol. The molecule has 0 aromatic heterocycles. The van der Waals surface area contributed by atoms with E-state index < -0.39 is 0 Å². The number of likely N-dealkylation sites (tertiary alicyclic amines) is 1. The van der Waals surface area contributed by atoms with Gasteiger partial charge in [-0.05, 0) is 17.4 Å². The first-order chi connectivity index (χ1) is 11.3. The van der Waals surface area contributed by atoms with Gasteiger partial charge in [-0.15, -0.1) is 0 Å². The first-order valence-electron chi connectivity index (χ1n) is 8.92. The molecule has 4 nitrogen and oxygen atoms in total. The van der Waals surface area contributed by atoms with Crippen LogP contribution in [0.1, 0.15) is 52.0 Å². The fourth-order valence-corrected chi connectivity index (χ4v) is 3.26. The Morgan fingerprint density at radius 1 is 1.17 bits per heavy atom. The van der Waals surface area contributed by atoms with Crippen LogP contribution in [0.2, 0.25) is 0 Å². The maximum atomic E-state index is 12.6. The monoisotopic (exact) mass is 330 g/mol. The molecule has 0 saturated carbocycles. The van der Waals surface area contributed by atoms with Gasteiger partial charge < -0.3 is 10.2 Å². The Balaban J connectivity index is 2.16. The Bertz CT molecular complexity index is 563. The predicted molar refractivity (Wildman–Crippen MR) is 96.6 cm³/mol. The molecule has 1 heterocycles. The van der Waals surface area contributed by atoms with Gasteiger partial charge in [0.15, 0.2) is 0 Å². The highest BCUT2D eigenvalue weighted by Crippen LogP contribution is 2.34. The lowest BCUT2D eigenvalue weighted by Crippen LogP contribution is -2.36. The van der Waals surface area contributed by atoms with Crippen molar-refractivity contribution in [2.75, 3.05) is 19.6 Å². The van der Waals surface area contributed by atoms with E-state index >= 15 is 0 Å². The Morgan fingerprint density at radius 3 is 2.42 bits per heavy atom. The van der Waals surface area contributed by atoms with Crippen LogP contribution in [-0.4, -0.2) is 36.3 Å². The number of carbonyl (C=O) groups is 2. The number of rotatable bonds is 5. The average molecular weight is 330 g/mol. The molecule has 2 atom stereocenters. The van der Waals surface area contributed by atoms with Crippen LogP contribution >= 0.6 is 0 Å².